The van der Waals surface area contributed by atoms with Gasteiger partial charge in [0.15, 0.2) is 0 Å². The molecule has 3 aliphatic rings. The van der Waals surface area contributed by atoms with Crippen molar-refractivity contribution < 1.29 is 14.0 Å². The summed E-state index contributed by atoms with van der Waals surface area (Å²) in [5, 5.41) is 13.8. The lowest BCUT2D eigenvalue weighted by atomic mass is 10.0. The third kappa shape index (κ3) is 4.59. The number of allylic oxidation sites excluding steroid dienone is 1. The maximum Gasteiger partial charge on any atom is 0.258 e. The van der Waals surface area contributed by atoms with Crippen molar-refractivity contribution in [3.63, 3.8) is 0 Å². The van der Waals surface area contributed by atoms with Gasteiger partial charge in [-0.05, 0) is 24.3 Å². The summed E-state index contributed by atoms with van der Waals surface area (Å²) in [7, 11) is 0. The number of halogens is 3. The van der Waals surface area contributed by atoms with Crippen molar-refractivity contribution >= 4 is 53.4 Å². The predicted octanol–water partition coefficient (Wildman–Crippen LogP) is 3.08. The number of oxime groups is 1. The molecule has 32 heavy (non-hydrogen) atoms. The number of amides is 1. The number of para-hydroxylation sites is 1. The Balaban J connectivity index is 0.00000144. The standard InChI is InChI=1S/C22H22FN5O2.2ClH/c23-14-5-6-18-16(13-14)19(22(29)26-18)21-20(15-3-1-2-4-17(15)25-21)27-30-12-11-28-9-7-24-8-10-28;;/h1-6,13,24-25H,7-12H2,(H,26,29);2*1H/b21-19-,27-20+;;. The van der Waals surface area contributed by atoms with E-state index < -0.39 is 5.82 Å². The van der Waals surface area contributed by atoms with Gasteiger partial charge in [0.1, 0.15) is 18.1 Å². The van der Waals surface area contributed by atoms with Crippen LogP contribution in [0.2, 0.25) is 0 Å². The van der Waals surface area contributed by atoms with Gasteiger partial charge in [-0.3, -0.25) is 9.69 Å². The Morgan fingerprint density at radius 2 is 1.75 bits per heavy atom. The summed E-state index contributed by atoms with van der Waals surface area (Å²) in [6, 6.07) is 11.9. The van der Waals surface area contributed by atoms with E-state index in [1.54, 1.807) is 6.07 Å². The summed E-state index contributed by atoms with van der Waals surface area (Å²) >= 11 is 0. The summed E-state index contributed by atoms with van der Waals surface area (Å²) in [4.78, 5) is 20.7. The van der Waals surface area contributed by atoms with Crippen LogP contribution in [0.3, 0.4) is 0 Å². The van der Waals surface area contributed by atoms with Gasteiger partial charge in [-0.15, -0.1) is 24.8 Å². The third-order valence-electron chi connectivity index (χ3n) is 5.52. The molecule has 7 nitrogen and oxygen atoms in total. The zero-order chi connectivity index (χ0) is 20.5. The van der Waals surface area contributed by atoms with Crippen LogP contribution < -0.4 is 16.0 Å². The van der Waals surface area contributed by atoms with Crippen molar-refractivity contribution in [2.24, 2.45) is 5.16 Å². The Morgan fingerprint density at radius 1 is 1.00 bits per heavy atom. The largest absolute Gasteiger partial charge is 0.394 e. The lowest BCUT2D eigenvalue weighted by Crippen LogP contribution is -2.44. The highest BCUT2D eigenvalue weighted by molar-refractivity contribution is 6.39. The van der Waals surface area contributed by atoms with Gasteiger partial charge in [0, 0.05) is 55.2 Å². The molecule has 1 fully saturated rings. The quantitative estimate of drug-likeness (QED) is 0.356. The average Bonchev–Trinajstić information content (AvgIpc) is 3.28. The summed E-state index contributed by atoms with van der Waals surface area (Å²) in [6.45, 7) is 5.17. The van der Waals surface area contributed by atoms with Gasteiger partial charge in [-0.2, -0.15) is 0 Å². The Morgan fingerprint density at radius 3 is 2.56 bits per heavy atom. The molecule has 0 spiro atoms. The fourth-order valence-corrected chi connectivity index (χ4v) is 4.01. The molecule has 5 rings (SSSR count). The van der Waals surface area contributed by atoms with Gasteiger partial charge in [0.2, 0.25) is 0 Å². The van der Waals surface area contributed by atoms with Crippen molar-refractivity contribution in [1.82, 2.24) is 10.2 Å². The minimum absolute atomic E-state index is 0. The molecule has 0 atom stereocenters. The summed E-state index contributed by atoms with van der Waals surface area (Å²) in [5.74, 6) is -0.691. The molecule has 3 aliphatic heterocycles. The second-order valence-corrected chi connectivity index (χ2v) is 7.43. The monoisotopic (exact) mass is 479 g/mol. The number of carbonyl (C=O) groups is 1. The van der Waals surface area contributed by atoms with Crippen LogP contribution in [-0.2, 0) is 9.63 Å². The van der Waals surface area contributed by atoms with Gasteiger partial charge < -0.3 is 20.8 Å². The number of hydrogen-bond acceptors (Lipinski definition) is 6. The van der Waals surface area contributed by atoms with E-state index >= 15 is 0 Å². The van der Waals surface area contributed by atoms with E-state index in [0.29, 0.717) is 34.8 Å². The van der Waals surface area contributed by atoms with E-state index in [1.165, 1.54) is 12.1 Å². The second-order valence-electron chi connectivity index (χ2n) is 7.43. The predicted molar refractivity (Wildman–Crippen MR) is 128 cm³/mol. The molecule has 3 N–H and O–H groups in total. The van der Waals surface area contributed by atoms with Gasteiger partial charge in [-0.25, -0.2) is 4.39 Å². The van der Waals surface area contributed by atoms with E-state index in [9.17, 15) is 9.18 Å². The molecule has 0 aromatic heterocycles. The molecule has 0 radical (unpaired) electrons. The zero-order valence-corrected chi connectivity index (χ0v) is 18.8. The van der Waals surface area contributed by atoms with Crippen LogP contribution in [0.5, 0.6) is 0 Å². The summed E-state index contributed by atoms with van der Waals surface area (Å²) in [5.41, 5.74) is 4.23. The Kier molecular flexibility index (Phi) is 7.73. The molecule has 170 valence electrons. The first-order valence-corrected chi connectivity index (χ1v) is 10.1. The van der Waals surface area contributed by atoms with E-state index in [1.807, 2.05) is 24.3 Å². The summed E-state index contributed by atoms with van der Waals surface area (Å²) in [6.07, 6.45) is 0. The zero-order valence-electron chi connectivity index (χ0n) is 17.2. The SMILES string of the molecule is Cl.Cl.O=C1Nc2ccc(F)cc2/C1=C1/Nc2ccccc2/C1=N\OCCN1CCNCC1. The number of fused-ring (bicyclic) bond motifs is 2. The molecule has 2 aromatic rings. The number of benzene rings is 2. The maximum atomic E-state index is 13.9. The van der Waals surface area contributed by atoms with Crippen LogP contribution >= 0.6 is 24.8 Å². The molecule has 0 bridgehead atoms. The van der Waals surface area contributed by atoms with Crippen LogP contribution in [0.1, 0.15) is 11.1 Å². The highest BCUT2D eigenvalue weighted by atomic mass is 35.5. The topological polar surface area (TPSA) is 78.0 Å². The maximum absolute atomic E-state index is 13.9. The summed E-state index contributed by atoms with van der Waals surface area (Å²) < 4.78 is 13.9. The number of carbonyl (C=O) groups excluding carboxylic acids is 1. The number of rotatable bonds is 4. The van der Waals surface area contributed by atoms with Gasteiger partial charge in [0.05, 0.1) is 11.3 Å². The van der Waals surface area contributed by atoms with Crippen LogP contribution in [0.15, 0.2) is 53.3 Å². The normalized spacial score (nSPS) is 20.5. The number of hydrogen-bond donors (Lipinski definition) is 3. The first-order chi connectivity index (χ1) is 14.7. The van der Waals surface area contributed by atoms with E-state index in [4.69, 9.17) is 4.84 Å². The number of nitrogens with zero attached hydrogens (tertiary/aromatic N) is 2. The second kappa shape index (κ2) is 10.3. The van der Waals surface area contributed by atoms with Crippen molar-refractivity contribution in [3.8, 4) is 0 Å². The van der Waals surface area contributed by atoms with E-state index in [-0.39, 0.29) is 30.7 Å². The van der Waals surface area contributed by atoms with Gasteiger partial charge in [-0.1, -0.05) is 23.4 Å². The Bertz CT molecular complexity index is 1070. The molecule has 3 heterocycles. The molecule has 0 unspecified atom stereocenters. The molecular formula is C22H24Cl2FN5O2. The first-order valence-electron chi connectivity index (χ1n) is 10.1. The number of anilines is 2. The lowest BCUT2D eigenvalue weighted by Gasteiger charge is -2.26. The van der Waals surface area contributed by atoms with Crippen LogP contribution in [-0.4, -0.2) is 55.8 Å². The molecule has 10 heteroatoms. The van der Waals surface area contributed by atoms with Crippen molar-refractivity contribution in [1.29, 1.82) is 0 Å². The fourth-order valence-electron chi connectivity index (χ4n) is 4.01. The van der Waals surface area contributed by atoms with Crippen LogP contribution in [0.4, 0.5) is 15.8 Å². The van der Waals surface area contributed by atoms with E-state index in [2.05, 4.69) is 26.0 Å². The van der Waals surface area contributed by atoms with Crippen LogP contribution in [0, 0.1) is 5.82 Å². The first kappa shape index (κ1) is 24.0. The highest BCUT2D eigenvalue weighted by Gasteiger charge is 2.34. The van der Waals surface area contributed by atoms with Gasteiger partial charge >= 0.3 is 0 Å². The molecule has 2 aromatic carbocycles. The van der Waals surface area contributed by atoms with Crippen molar-refractivity contribution in [3.05, 3.63) is 65.1 Å². The molecule has 1 amide bonds. The van der Waals surface area contributed by atoms with Crippen LogP contribution in [0.25, 0.3) is 5.57 Å². The Labute approximate surface area is 197 Å². The molecule has 0 saturated carbocycles. The van der Waals surface area contributed by atoms with Crippen molar-refractivity contribution in [2.45, 2.75) is 0 Å². The number of nitrogens with one attached hydrogen (secondary N) is 3. The smallest absolute Gasteiger partial charge is 0.258 e. The lowest BCUT2D eigenvalue weighted by molar-refractivity contribution is -0.110. The van der Waals surface area contributed by atoms with E-state index in [0.717, 1.165) is 44.0 Å². The molecule has 1 saturated heterocycles. The third-order valence-corrected chi connectivity index (χ3v) is 5.52. The molecule has 0 aliphatic carbocycles. The average molecular weight is 480 g/mol. The Hall–Kier alpha value is -2.65. The minimum atomic E-state index is -0.398. The van der Waals surface area contributed by atoms with Gasteiger partial charge in [0.25, 0.3) is 5.91 Å². The number of piperazine rings is 1. The molecular weight excluding hydrogens is 456 g/mol. The fraction of sp³-hybridized carbons (Fsp3) is 0.273. The van der Waals surface area contributed by atoms with Crippen molar-refractivity contribution in [2.75, 3.05) is 50.0 Å². The highest BCUT2D eigenvalue weighted by Crippen LogP contribution is 2.39. The minimum Gasteiger partial charge on any atom is -0.394 e.